The lowest BCUT2D eigenvalue weighted by Crippen LogP contribution is -2.49. The molecular weight excluding hydrogens is 258 g/mol. The summed E-state index contributed by atoms with van der Waals surface area (Å²) in [7, 11) is 0. The van der Waals surface area contributed by atoms with Crippen LogP contribution in [-0.2, 0) is 0 Å². The average Bonchev–Trinajstić information content (AvgIpc) is 3.21. The zero-order valence-corrected chi connectivity index (χ0v) is 14.1. The molecule has 0 radical (unpaired) electrons. The quantitative estimate of drug-likeness (QED) is 0.788. The van der Waals surface area contributed by atoms with Crippen LogP contribution in [0.4, 0.5) is 0 Å². The molecule has 0 bridgehead atoms. The first-order valence-corrected chi connectivity index (χ1v) is 9.46. The summed E-state index contributed by atoms with van der Waals surface area (Å²) in [6.07, 6.45) is 9.86. The molecule has 2 heterocycles. The van der Waals surface area contributed by atoms with Gasteiger partial charge in [-0.25, -0.2) is 0 Å². The molecule has 0 aromatic heterocycles. The highest BCUT2D eigenvalue weighted by Crippen LogP contribution is 2.32. The Hall–Kier alpha value is -0.120. The normalized spacial score (nSPS) is 35.9. The lowest BCUT2D eigenvalue weighted by molar-refractivity contribution is 0.175. The van der Waals surface area contributed by atoms with Crippen molar-refractivity contribution in [2.24, 2.45) is 11.8 Å². The molecule has 3 fully saturated rings. The van der Waals surface area contributed by atoms with Crippen molar-refractivity contribution in [2.75, 3.05) is 26.2 Å². The third-order valence-corrected chi connectivity index (χ3v) is 6.15. The van der Waals surface area contributed by atoms with Crippen molar-refractivity contribution in [1.29, 1.82) is 0 Å². The molecule has 2 N–H and O–H groups in total. The van der Waals surface area contributed by atoms with Crippen LogP contribution in [0.25, 0.3) is 0 Å². The van der Waals surface area contributed by atoms with Gasteiger partial charge >= 0.3 is 0 Å². The van der Waals surface area contributed by atoms with Crippen LogP contribution in [0.3, 0.4) is 0 Å². The Morgan fingerprint density at radius 3 is 2.52 bits per heavy atom. The first kappa shape index (κ1) is 15.8. The summed E-state index contributed by atoms with van der Waals surface area (Å²) in [5, 5.41) is 7.73. The summed E-state index contributed by atoms with van der Waals surface area (Å²) in [5.74, 6) is 1.65. The van der Waals surface area contributed by atoms with Gasteiger partial charge in [-0.3, -0.25) is 4.90 Å². The smallest absolute Gasteiger partial charge is 0.0243 e. The molecule has 0 spiro atoms. The van der Waals surface area contributed by atoms with Gasteiger partial charge in [-0.2, -0.15) is 0 Å². The Balaban J connectivity index is 1.52. The molecule has 2 aliphatic heterocycles. The molecular formula is C18H35N3. The topological polar surface area (TPSA) is 27.3 Å². The maximum Gasteiger partial charge on any atom is 0.0243 e. The molecule has 0 aromatic rings. The van der Waals surface area contributed by atoms with Crippen molar-refractivity contribution in [1.82, 2.24) is 15.5 Å². The number of hydrogen-bond donors (Lipinski definition) is 2. The van der Waals surface area contributed by atoms with E-state index in [1.165, 1.54) is 71.1 Å². The lowest BCUT2D eigenvalue weighted by Gasteiger charge is -2.34. The van der Waals surface area contributed by atoms with Crippen LogP contribution in [0.15, 0.2) is 0 Å². The molecule has 3 rings (SSSR count). The summed E-state index contributed by atoms with van der Waals surface area (Å²) < 4.78 is 0. The van der Waals surface area contributed by atoms with Crippen molar-refractivity contribution < 1.29 is 0 Å². The van der Waals surface area contributed by atoms with Crippen molar-refractivity contribution in [3.8, 4) is 0 Å². The van der Waals surface area contributed by atoms with Crippen molar-refractivity contribution in [3.63, 3.8) is 0 Å². The van der Waals surface area contributed by atoms with Gasteiger partial charge in [0.15, 0.2) is 0 Å². The largest absolute Gasteiger partial charge is 0.314 e. The standard InChI is InChI=1S/C18H35N3/c1-14(2)18(21-11-3-4-12-21)13-20-17-8-5-7-15(17)16-9-6-10-19-16/h14-20H,3-13H2,1-2H3. The second-order valence-electron chi connectivity index (χ2n) is 7.87. The molecule has 1 saturated carbocycles. The molecule has 4 unspecified atom stereocenters. The van der Waals surface area contributed by atoms with E-state index >= 15 is 0 Å². The molecule has 4 atom stereocenters. The Bertz CT molecular complexity index is 306. The molecule has 2 saturated heterocycles. The Labute approximate surface area is 131 Å². The zero-order valence-electron chi connectivity index (χ0n) is 14.1. The Morgan fingerprint density at radius 2 is 1.86 bits per heavy atom. The summed E-state index contributed by atoms with van der Waals surface area (Å²) in [5.41, 5.74) is 0. The Kier molecular flexibility index (Phi) is 5.58. The number of likely N-dealkylation sites (tertiary alicyclic amines) is 1. The van der Waals surface area contributed by atoms with Crippen molar-refractivity contribution in [2.45, 2.75) is 76.9 Å². The van der Waals surface area contributed by atoms with Gasteiger partial charge in [0, 0.05) is 24.7 Å². The highest BCUT2D eigenvalue weighted by molar-refractivity contribution is 4.94. The first-order chi connectivity index (χ1) is 10.3. The van der Waals surface area contributed by atoms with Gasteiger partial charge in [-0.05, 0) is 70.0 Å². The van der Waals surface area contributed by atoms with Crippen LogP contribution >= 0.6 is 0 Å². The fraction of sp³-hybridized carbons (Fsp3) is 1.00. The lowest BCUT2D eigenvalue weighted by atomic mass is 9.92. The van der Waals surface area contributed by atoms with Crippen LogP contribution in [0.2, 0.25) is 0 Å². The second-order valence-corrected chi connectivity index (χ2v) is 7.87. The van der Waals surface area contributed by atoms with E-state index < -0.39 is 0 Å². The summed E-state index contributed by atoms with van der Waals surface area (Å²) in [6, 6.07) is 2.31. The Morgan fingerprint density at radius 1 is 1.05 bits per heavy atom. The van der Waals surface area contributed by atoms with E-state index in [0.29, 0.717) is 0 Å². The molecule has 3 nitrogen and oxygen atoms in total. The van der Waals surface area contributed by atoms with Crippen molar-refractivity contribution >= 4 is 0 Å². The van der Waals surface area contributed by atoms with E-state index in [2.05, 4.69) is 29.4 Å². The summed E-state index contributed by atoms with van der Waals surface area (Å²) in [6.45, 7) is 9.89. The van der Waals surface area contributed by atoms with Gasteiger partial charge in [0.05, 0.1) is 0 Å². The number of hydrogen-bond acceptors (Lipinski definition) is 3. The number of rotatable bonds is 6. The second kappa shape index (κ2) is 7.43. The van der Waals surface area contributed by atoms with Crippen LogP contribution < -0.4 is 10.6 Å². The minimum Gasteiger partial charge on any atom is -0.314 e. The van der Waals surface area contributed by atoms with E-state index in [1.54, 1.807) is 0 Å². The SMILES string of the molecule is CC(C)C(CNC1CCCC1C1CCCN1)N1CCCC1. The van der Waals surface area contributed by atoms with Crippen LogP contribution in [0.5, 0.6) is 0 Å². The maximum absolute atomic E-state index is 3.99. The third-order valence-electron chi connectivity index (χ3n) is 6.15. The van der Waals surface area contributed by atoms with Gasteiger partial charge < -0.3 is 10.6 Å². The molecule has 122 valence electrons. The van der Waals surface area contributed by atoms with E-state index in [4.69, 9.17) is 0 Å². The van der Waals surface area contributed by atoms with E-state index in [0.717, 1.165) is 30.0 Å². The van der Waals surface area contributed by atoms with E-state index in [-0.39, 0.29) is 0 Å². The summed E-state index contributed by atoms with van der Waals surface area (Å²) in [4.78, 5) is 2.73. The highest BCUT2D eigenvalue weighted by atomic mass is 15.2. The van der Waals surface area contributed by atoms with Gasteiger partial charge in [0.25, 0.3) is 0 Å². The van der Waals surface area contributed by atoms with Crippen LogP contribution in [0.1, 0.15) is 58.8 Å². The highest BCUT2D eigenvalue weighted by Gasteiger charge is 2.35. The predicted octanol–water partition coefficient (Wildman–Crippen LogP) is 2.62. The first-order valence-electron chi connectivity index (χ1n) is 9.46. The summed E-state index contributed by atoms with van der Waals surface area (Å²) >= 11 is 0. The minimum absolute atomic E-state index is 0.741. The predicted molar refractivity (Wildman–Crippen MR) is 89.6 cm³/mol. The molecule has 3 aliphatic rings. The zero-order chi connectivity index (χ0) is 14.7. The van der Waals surface area contributed by atoms with E-state index in [1.807, 2.05) is 0 Å². The van der Waals surface area contributed by atoms with Crippen LogP contribution in [-0.4, -0.2) is 49.2 Å². The molecule has 0 amide bonds. The van der Waals surface area contributed by atoms with Gasteiger partial charge in [0.2, 0.25) is 0 Å². The van der Waals surface area contributed by atoms with Crippen molar-refractivity contribution in [3.05, 3.63) is 0 Å². The van der Waals surface area contributed by atoms with Gasteiger partial charge in [0.1, 0.15) is 0 Å². The average molecular weight is 293 g/mol. The number of nitrogens with zero attached hydrogens (tertiary/aromatic N) is 1. The molecule has 1 aliphatic carbocycles. The fourth-order valence-electron chi connectivity index (χ4n) is 4.93. The third kappa shape index (κ3) is 3.80. The van der Waals surface area contributed by atoms with Crippen LogP contribution in [0, 0.1) is 11.8 Å². The molecule has 3 heteroatoms. The monoisotopic (exact) mass is 293 g/mol. The number of nitrogens with one attached hydrogen (secondary N) is 2. The van der Waals surface area contributed by atoms with Gasteiger partial charge in [-0.15, -0.1) is 0 Å². The maximum atomic E-state index is 3.99. The van der Waals surface area contributed by atoms with Gasteiger partial charge in [-0.1, -0.05) is 20.3 Å². The van der Waals surface area contributed by atoms with E-state index in [9.17, 15) is 0 Å². The minimum atomic E-state index is 0.741. The molecule has 21 heavy (non-hydrogen) atoms. The fourth-order valence-corrected chi connectivity index (χ4v) is 4.93. The molecule has 0 aromatic carbocycles.